The van der Waals surface area contributed by atoms with Crippen LogP contribution in [0.2, 0.25) is 0 Å². The average Bonchev–Trinajstić information content (AvgIpc) is 3.52. The van der Waals surface area contributed by atoms with Crippen molar-refractivity contribution >= 4 is 42.8 Å². The van der Waals surface area contributed by atoms with Crippen LogP contribution < -0.4 is 15.4 Å². The van der Waals surface area contributed by atoms with Gasteiger partial charge in [-0.15, -0.1) is 0 Å². The summed E-state index contributed by atoms with van der Waals surface area (Å²) in [5, 5.41) is 18.7. The lowest BCUT2D eigenvalue weighted by Gasteiger charge is -2.31. The van der Waals surface area contributed by atoms with Crippen molar-refractivity contribution in [3.05, 3.63) is 47.8 Å². The fourth-order valence-electron chi connectivity index (χ4n) is 7.22. The summed E-state index contributed by atoms with van der Waals surface area (Å²) in [6.45, 7) is 4.49. The second-order valence-electron chi connectivity index (χ2n) is 14.0. The Balaban J connectivity index is 1.12. The number of aromatic nitrogens is 1. The highest BCUT2D eigenvalue weighted by atomic mass is 32.2. The molecule has 4 fully saturated rings. The number of alkyl carbamates (subject to hydrolysis) is 1. The molecule has 266 valence electrons. The second kappa shape index (κ2) is 13.9. The standard InChI is InChI=1S/C34H43FN4O8S2/c1-18(2)14-39(49(42,43)22-7-9-26-30(13-22)48-33(37-26)36-21-5-6-21)15-28(40)27(10-19-4-8-25(35)29(11-19)44-3)38-34(41)47-31-20-12-23-24(31)17-46-32(23)45-16-20/h4,7-9,11,13,18,20-21,23-24,27-28,31-32,40H,5-6,10,12,14-17H2,1-3H3,(H,36,37)(H,38,41)/t20?,23?,24?,27-,28+,31?,32?/m0/s1. The highest BCUT2D eigenvalue weighted by Gasteiger charge is 2.56. The van der Waals surface area contributed by atoms with E-state index in [9.17, 15) is 22.7 Å². The highest BCUT2D eigenvalue weighted by Crippen LogP contribution is 2.49. The molecule has 7 rings (SSSR count). The van der Waals surface area contributed by atoms with Crippen LogP contribution in [0.4, 0.5) is 14.3 Å². The maximum atomic E-state index is 14.3. The molecule has 3 aromatic rings. The number of amides is 1. The number of rotatable bonds is 14. The Morgan fingerprint density at radius 1 is 1.14 bits per heavy atom. The van der Waals surface area contributed by atoms with Gasteiger partial charge in [0.2, 0.25) is 10.0 Å². The molecule has 12 nitrogen and oxygen atoms in total. The summed E-state index contributed by atoms with van der Waals surface area (Å²) in [4.78, 5) is 18.2. The summed E-state index contributed by atoms with van der Waals surface area (Å²) >= 11 is 1.41. The van der Waals surface area contributed by atoms with Gasteiger partial charge in [-0.3, -0.25) is 0 Å². The SMILES string of the molecule is COc1cc(C[C@H](NC(=O)OC2C3COC4OCC2C4C3)[C@H](O)CN(CC(C)C)S(=O)(=O)c2ccc3nc(NC4CC4)sc3c2)ccc1F. The van der Waals surface area contributed by atoms with E-state index in [2.05, 4.69) is 15.6 Å². The number of ether oxygens (including phenoxy) is 4. The molecule has 3 heterocycles. The summed E-state index contributed by atoms with van der Waals surface area (Å²) in [5.41, 5.74) is 1.28. The van der Waals surface area contributed by atoms with Crippen LogP contribution in [0.15, 0.2) is 41.3 Å². The molecule has 2 aliphatic heterocycles. The number of benzene rings is 2. The summed E-state index contributed by atoms with van der Waals surface area (Å²) in [6, 6.07) is 8.57. The molecule has 7 atom stereocenters. The quantitative estimate of drug-likeness (QED) is 0.220. The van der Waals surface area contributed by atoms with E-state index in [1.165, 1.54) is 47.0 Å². The Hall–Kier alpha value is -3.08. The lowest BCUT2D eigenvalue weighted by molar-refractivity contribution is -0.169. The molecule has 2 aliphatic carbocycles. The number of hydrogen-bond donors (Lipinski definition) is 3. The molecule has 15 heteroatoms. The van der Waals surface area contributed by atoms with Gasteiger partial charge in [-0.25, -0.2) is 22.6 Å². The number of nitrogens with zero attached hydrogens (tertiary/aromatic N) is 2. The van der Waals surface area contributed by atoms with Crippen LogP contribution in [0.25, 0.3) is 10.2 Å². The summed E-state index contributed by atoms with van der Waals surface area (Å²) in [6.07, 6.45) is 0.331. The van der Waals surface area contributed by atoms with E-state index in [4.69, 9.17) is 18.9 Å². The van der Waals surface area contributed by atoms with E-state index in [1.54, 1.807) is 12.1 Å². The van der Waals surface area contributed by atoms with Crippen molar-refractivity contribution in [1.29, 1.82) is 0 Å². The third kappa shape index (κ3) is 7.38. The number of nitrogens with one attached hydrogen (secondary N) is 2. The van der Waals surface area contributed by atoms with E-state index >= 15 is 0 Å². The van der Waals surface area contributed by atoms with E-state index in [0.717, 1.165) is 29.1 Å². The predicted octanol–water partition coefficient (Wildman–Crippen LogP) is 4.37. The number of aliphatic hydroxyl groups is 1. The number of fused-ring (bicyclic) bond motifs is 2. The number of hydrogen-bond acceptors (Lipinski definition) is 11. The Morgan fingerprint density at radius 3 is 2.69 bits per heavy atom. The van der Waals surface area contributed by atoms with Crippen LogP contribution in [0.1, 0.15) is 38.7 Å². The number of thiazole rings is 1. The van der Waals surface area contributed by atoms with Gasteiger partial charge < -0.3 is 34.7 Å². The number of sulfonamides is 1. The molecular weight excluding hydrogens is 676 g/mol. The molecule has 4 aliphatic rings. The summed E-state index contributed by atoms with van der Waals surface area (Å²) < 4.78 is 67.3. The minimum atomic E-state index is -4.08. The van der Waals surface area contributed by atoms with Gasteiger partial charge in [-0.2, -0.15) is 4.31 Å². The van der Waals surface area contributed by atoms with Gasteiger partial charge in [0.25, 0.3) is 0 Å². The number of aliphatic hydroxyl groups excluding tert-OH is 1. The van der Waals surface area contributed by atoms with Crippen LogP contribution in [-0.2, 0) is 30.7 Å². The Labute approximate surface area is 289 Å². The Morgan fingerprint density at radius 2 is 1.94 bits per heavy atom. The predicted molar refractivity (Wildman–Crippen MR) is 180 cm³/mol. The van der Waals surface area contributed by atoms with E-state index < -0.39 is 40.2 Å². The van der Waals surface area contributed by atoms with Gasteiger partial charge in [0, 0.05) is 36.9 Å². The van der Waals surface area contributed by atoms with Gasteiger partial charge >= 0.3 is 6.09 Å². The maximum absolute atomic E-state index is 14.3. The van der Waals surface area contributed by atoms with Crippen molar-refractivity contribution in [3.63, 3.8) is 0 Å². The van der Waals surface area contributed by atoms with Crippen molar-refractivity contribution < 1.29 is 41.7 Å². The minimum absolute atomic E-state index is 0.0142. The van der Waals surface area contributed by atoms with Gasteiger partial charge in [0.15, 0.2) is 23.0 Å². The smallest absolute Gasteiger partial charge is 0.407 e. The molecule has 0 radical (unpaired) electrons. The molecule has 2 saturated heterocycles. The summed E-state index contributed by atoms with van der Waals surface area (Å²) in [5.74, 6) is -0.359. The maximum Gasteiger partial charge on any atom is 0.407 e. The van der Waals surface area contributed by atoms with Crippen molar-refractivity contribution in [2.45, 2.75) is 75.0 Å². The van der Waals surface area contributed by atoms with Crippen LogP contribution in [0, 0.1) is 29.5 Å². The normalized spacial score (nSPS) is 25.9. The molecular formula is C34H43FN4O8S2. The van der Waals surface area contributed by atoms with Gasteiger partial charge in [-0.05, 0) is 67.5 Å². The molecule has 3 N–H and O–H groups in total. The molecule has 49 heavy (non-hydrogen) atoms. The second-order valence-corrected chi connectivity index (χ2v) is 17.0. The van der Waals surface area contributed by atoms with Crippen molar-refractivity contribution in [1.82, 2.24) is 14.6 Å². The zero-order chi connectivity index (χ0) is 34.4. The molecule has 1 amide bonds. The van der Waals surface area contributed by atoms with Crippen molar-refractivity contribution in [3.8, 4) is 5.75 Å². The first-order valence-corrected chi connectivity index (χ1v) is 19.1. The van der Waals surface area contributed by atoms with Gasteiger partial charge in [0.05, 0.1) is 47.6 Å². The fraction of sp³-hybridized carbons (Fsp3) is 0.588. The molecule has 0 spiro atoms. The number of carbonyl (C=O) groups is 1. The van der Waals surface area contributed by atoms with Crippen molar-refractivity contribution in [2.75, 3.05) is 38.7 Å². The average molecular weight is 719 g/mol. The number of halogens is 1. The van der Waals surface area contributed by atoms with Crippen LogP contribution in [0.3, 0.4) is 0 Å². The number of carbonyl (C=O) groups excluding carboxylic acids is 1. The lowest BCUT2D eigenvalue weighted by Crippen LogP contribution is -2.52. The largest absolute Gasteiger partial charge is 0.494 e. The zero-order valence-electron chi connectivity index (χ0n) is 27.7. The first-order valence-electron chi connectivity index (χ1n) is 16.9. The first-order chi connectivity index (χ1) is 23.5. The molecule has 2 saturated carbocycles. The highest BCUT2D eigenvalue weighted by molar-refractivity contribution is 7.89. The molecule has 2 aromatic carbocycles. The van der Waals surface area contributed by atoms with Gasteiger partial charge in [0.1, 0.15) is 6.10 Å². The molecule has 5 unspecified atom stereocenters. The monoisotopic (exact) mass is 718 g/mol. The number of methoxy groups -OCH3 is 1. The zero-order valence-corrected chi connectivity index (χ0v) is 29.3. The Bertz CT molecular complexity index is 1790. The lowest BCUT2D eigenvalue weighted by atomic mass is 9.98. The van der Waals surface area contributed by atoms with Crippen LogP contribution in [0.5, 0.6) is 5.75 Å². The number of anilines is 1. The topological polar surface area (TPSA) is 149 Å². The third-order valence-electron chi connectivity index (χ3n) is 9.83. The van der Waals surface area contributed by atoms with E-state index in [-0.39, 0.29) is 60.1 Å². The van der Waals surface area contributed by atoms with Crippen LogP contribution in [-0.4, -0.2) is 92.9 Å². The van der Waals surface area contributed by atoms with E-state index in [0.29, 0.717) is 30.3 Å². The van der Waals surface area contributed by atoms with E-state index in [1.807, 2.05) is 13.8 Å². The van der Waals surface area contributed by atoms with Gasteiger partial charge in [-0.1, -0.05) is 31.3 Å². The summed E-state index contributed by atoms with van der Waals surface area (Å²) in [7, 11) is -2.73. The first kappa shape index (κ1) is 34.4. The Kier molecular flexibility index (Phi) is 9.76. The fourth-order valence-corrected chi connectivity index (χ4v) is 9.92. The molecule has 1 aromatic heterocycles. The third-order valence-corrected chi connectivity index (χ3v) is 12.6. The molecule has 2 bridgehead atoms. The van der Waals surface area contributed by atoms with Crippen LogP contribution >= 0.6 is 11.3 Å². The van der Waals surface area contributed by atoms with Crippen molar-refractivity contribution in [2.24, 2.45) is 23.7 Å². The minimum Gasteiger partial charge on any atom is -0.494 e.